The fourth-order valence-corrected chi connectivity index (χ4v) is 3.70. The van der Waals surface area contributed by atoms with Crippen LogP contribution in [0.4, 0.5) is 0 Å². The molecular formula is C27H27N3O3. The number of ether oxygens (including phenoxy) is 1. The van der Waals surface area contributed by atoms with E-state index in [-0.39, 0.29) is 17.6 Å². The summed E-state index contributed by atoms with van der Waals surface area (Å²) >= 11 is 0. The topological polar surface area (TPSA) is 84.1 Å². The van der Waals surface area contributed by atoms with Gasteiger partial charge < -0.3 is 14.6 Å². The largest absolute Gasteiger partial charge is 0.462 e. The first-order chi connectivity index (χ1) is 15.8. The lowest BCUT2D eigenvalue weighted by atomic mass is 10.1. The van der Waals surface area contributed by atoms with Gasteiger partial charge in [0.05, 0.1) is 18.2 Å². The van der Waals surface area contributed by atoms with Gasteiger partial charge in [0.15, 0.2) is 0 Å². The van der Waals surface area contributed by atoms with Crippen LogP contribution < -0.4 is 5.32 Å². The summed E-state index contributed by atoms with van der Waals surface area (Å²) in [5.41, 5.74) is 4.97. The lowest BCUT2D eigenvalue weighted by Crippen LogP contribution is -2.27. The van der Waals surface area contributed by atoms with Crippen molar-refractivity contribution in [1.82, 2.24) is 9.88 Å². The number of carbonyl (C=O) groups excluding carboxylic acids is 2. The van der Waals surface area contributed by atoms with E-state index >= 15 is 0 Å². The molecular weight excluding hydrogens is 414 g/mol. The summed E-state index contributed by atoms with van der Waals surface area (Å²) in [4.78, 5) is 24.6. The maximum atomic E-state index is 12.7. The zero-order chi connectivity index (χ0) is 24.0. The molecule has 0 saturated carbocycles. The summed E-state index contributed by atoms with van der Waals surface area (Å²) < 4.78 is 7.05. The smallest absolute Gasteiger partial charge is 0.338 e. The highest BCUT2D eigenvalue weighted by molar-refractivity contribution is 6.02. The Bertz CT molecular complexity index is 1220. The lowest BCUT2D eigenvalue weighted by molar-refractivity contribution is -0.117. The average molecular weight is 442 g/mol. The van der Waals surface area contributed by atoms with E-state index in [1.54, 1.807) is 25.1 Å². The summed E-state index contributed by atoms with van der Waals surface area (Å²) in [6, 6.07) is 20.5. The first-order valence-electron chi connectivity index (χ1n) is 10.8. The minimum absolute atomic E-state index is 0.0377. The van der Waals surface area contributed by atoms with Crippen LogP contribution in [0.1, 0.15) is 52.8 Å². The van der Waals surface area contributed by atoms with Crippen molar-refractivity contribution in [1.29, 1.82) is 5.26 Å². The minimum Gasteiger partial charge on any atom is -0.462 e. The third kappa shape index (κ3) is 5.39. The van der Waals surface area contributed by atoms with Crippen LogP contribution in [-0.4, -0.2) is 23.1 Å². The molecule has 168 valence electrons. The predicted molar refractivity (Wildman–Crippen MR) is 128 cm³/mol. The highest BCUT2D eigenvalue weighted by atomic mass is 16.5. The van der Waals surface area contributed by atoms with Gasteiger partial charge in [-0.05, 0) is 75.2 Å². The number of amides is 1. The monoisotopic (exact) mass is 441 g/mol. The number of nitrogens with zero attached hydrogens (tertiary/aromatic N) is 2. The Hall–Kier alpha value is -4.11. The van der Waals surface area contributed by atoms with Gasteiger partial charge in [0.2, 0.25) is 0 Å². The van der Waals surface area contributed by atoms with Crippen LogP contribution in [0.25, 0.3) is 11.8 Å². The zero-order valence-electron chi connectivity index (χ0n) is 19.3. The van der Waals surface area contributed by atoms with E-state index in [0.29, 0.717) is 12.2 Å². The molecule has 1 aromatic heterocycles. The number of nitrogens with one attached hydrogen (secondary N) is 1. The van der Waals surface area contributed by atoms with Crippen molar-refractivity contribution in [3.63, 3.8) is 0 Å². The van der Waals surface area contributed by atoms with Crippen molar-refractivity contribution < 1.29 is 14.3 Å². The van der Waals surface area contributed by atoms with Crippen LogP contribution >= 0.6 is 0 Å². The molecule has 3 rings (SSSR count). The van der Waals surface area contributed by atoms with Crippen molar-refractivity contribution in [2.45, 2.75) is 33.7 Å². The predicted octanol–water partition coefficient (Wildman–Crippen LogP) is 5.06. The van der Waals surface area contributed by atoms with Crippen molar-refractivity contribution in [2.24, 2.45) is 0 Å². The Morgan fingerprint density at radius 2 is 1.79 bits per heavy atom. The molecule has 0 spiro atoms. The molecule has 33 heavy (non-hydrogen) atoms. The van der Waals surface area contributed by atoms with Gasteiger partial charge in [0.25, 0.3) is 5.91 Å². The quantitative estimate of drug-likeness (QED) is 0.316. The Labute approximate surface area is 194 Å². The molecule has 3 aromatic rings. The molecule has 2 aromatic carbocycles. The zero-order valence-corrected chi connectivity index (χ0v) is 19.3. The molecule has 6 heteroatoms. The van der Waals surface area contributed by atoms with Crippen LogP contribution in [-0.2, 0) is 9.53 Å². The second-order valence-electron chi connectivity index (χ2n) is 7.70. The number of hydrogen-bond acceptors (Lipinski definition) is 4. The number of benzene rings is 2. The van der Waals surface area contributed by atoms with Crippen LogP contribution in [0.3, 0.4) is 0 Å². The van der Waals surface area contributed by atoms with Crippen LogP contribution in [0, 0.1) is 25.2 Å². The van der Waals surface area contributed by atoms with Crippen LogP contribution in [0.5, 0.6) is 0 Å². The van der Waals surface area contributed by atoms with Gasteiger partial charge >= 0.3 is 5.97 Å². The van der Waals surface area contributed by atoms with E-state index < -0.39 is 5.91 Å². The molecule has 0 bridgehead atoms. The molecule has 0 saturated heterocycles. The summed E-state index contributed by atoms with van der Waals surface area (Å²) in [7, 11) is 0. The van der Waals surface area contributed by atoms with Gasteiger partial charge in [0.1, 0.15) is 11.6 Å². The van der Waals surface area contributed by atoms with E-state index in [1.807, 2.05) is 79.9 Å². The van der Waals surface area contributed by atoms with Crippen molar-refractivity contribution in [2.75, 3.05) is 6.61 Å². The van der Waals surface area contributed by atoms with Gasteiger partial charge in [-0.15, -0.1) is 0 Å². The average Bonchev–Trinajstić information content (AvgIpc) is 3.10. The minimum atomic E-state index is -0.419. The Morgan fingerprint density at radius 1 is 1.12 bits per heavy atom. The summed E-state index contributed by atoms with van der Waals surface area (Å²) in [6.45, 7) is 7.86. The molecule has 1 heterocycles. The molecule has 0 aliphatic carbocycles. The third-order valence-electron chi connectivity index (χ3n) is 5.42. The normalized spacial score (nSPS) is 12.0. The number of aryl methyl sites for hydroxylation is 1. The standard InChI is InChI=1S/C27H27N3O3/c1-5-33-27(32)22-11-13-25(14-12-22)30-18(2)15-23(20(30)4)16-24(17-28)26(31)29-19(3)21-9-7-6-8-10-21/h6-16,19H,5H2,1-4H3,(H,29,31)/b24-16+/t19-/m0/s1. The van der Waals surface area contributed by atoms with Crippen molar-refractivity contribution >= 4 is 18.0 Å². The Kier molecular flexibility index (Phi) is 7.47. The van der Waals surface area contributed by atoms with Crippen molar-refractivity contribution in [3.05, 3.63) is 94.3 Å². The lowest BCUT2D eigenvalue weighted by Gasteiger charge is -2.14. The number of aromatic nitrogens is 1. The van der Waals surface area contributed by atoms with Crippen LogP contribution in [0.15, 0.2) is 66.2 Å². The highest BCUT2D eigenvalue weighted by Gasteiger charge is 2.16. The second-order valence-corrected chi connectivity index (χ2v) is 7.70. The molecule has 1 N–H and O–H groups in total. The van der Waals surface area contributed by atoms with E-state index in [2.05, 4.69) is 5.32 Å². The van der Waals surface area contributed by atoms with E-state index in [9.17, 15) is 14.9 Å². The molecule has 0 aliphatic rings. The van der Waals surface area contributed by atoms with Gasteiger partial charge in [-0.1, -0.05) is 30.3 Å². The third-order valence-corrected chi connectivity index (χ3v) is 5.42. The first-order valence-corrected chi connectivity index (χ1v) is 10.8. The van der Waals surface area contributed by atoms with Gasteiger partial charge in [0, 0.05) is 17.1 Å². The van der Waals surface area contributed by atoms with Gasteiger partial charge in [-0.2, -0.15) is 5.26 Å². The summed E-state index contributed by atoms with van der Waals surface area (Å²) in [5, 5.41) is 12.5. The molecule has 0 unspecified atom stereocenters. The summed E-state index contributed by atoms with van der Waals surface area (Å²) in [6.07, 6.45) is 1.61. The first kappa shape index (κ1) is 23.6. The number of hydrogen-bond donors (Lipinski definition) is 1. The summed E-state index contributed by atoms with van der Waals surface area (Å²) in [5.74, 6) is -0.777. The van der Waals surface area contributed by atoms with E-state index in [1.165, 1.54) is 0 Å². The Morgan fingerprint density at radius 3 is 2.39 bits per heavy atom. The number of esters is 1. The Balaban J connectivity index is 1.85. The maximum Gasteiger partial charge on any atom is 0.338 e. The van der Waals surface area contributed by atoms with Gasteiger partial charge in [-0.25, -0.2) is 4.79 Å². The van der Waals surface area contributed by atoms with Crippen LogP contribution in [0.2, 0.25) is 0 Å². The fourth-order valence-electron chi connectivity index (χ4n) is 3.70. The molecule has 0 aliphatic heterocycles. The SMILES string of the molecule is CCOC(=O)c1ccc(-n2c(C)cc(/C=C(\C#N)C(=O)N[C@@H](C)c3ccccc3)c2C)cc1. The molecule has 0 radical (unpaired) electrons. The van der Waals surface area contributed by atoms with E-state index in [0.717, 1.165) is 28.2 Å². The molecule has 1 atom stereocenters. The molecule has 6 nitrogen and oxygen atoms in total. The number of nitriles is 1. The second kappa shape index (κ2) is 10.5. The van der Waals surface area contributed by atoms with Crippen molar-refractivity contribution in [3.8, 4) is 11.8 Å². The fraction of sp³-hybridized carbons (Fsp3) is 0.222. The van der Waals surface area contributed by atoms with Gasteiger partial charge in [-0.3, -0.25) is 4.79 Å². The molecule has 0 fully saturated rings. The number of rotatable bonds is 7. The maximum absolute atomic E-state index is 12.7. The van der Waals surface area contributed by atoms with E-state index in [4.69, 9.17) is 4.74 Å². The number of carbonyl (C=O) groups is 2. The molecule has 1 amide bonds. The highest BCUT2D eigenvalue weighted by Crippen LogP contribution is 2.24.